The minimum Gasteiger partial charge on any atom is -0.496 e. The minimum atomic E-state index is 0.388. The summed E-state index contributed by atoms with van der Waals surface area (Å²) in [6.45, 7) is 0. The van der Waals surface area contributed by atoms with Crippen LogP contribution >= 0.6 is 11.6 Å². The molecule has 2 N–H and O–H groups in total. The van der Waals surface area contributed by atoms with Crippen molar-refractivity contribution in [1.29, 1.82) is 0 Å². The molecule has 0 fully saturated rings. The third-order valence-electron chi connectivity index (χ3n) is 3.00. The van der Waals surface area contributed by atoms with Gasteiger partial charge >= 0.3 is 0 Å². The normalized spacial score (nSPS) is 10.8. The predicted octanol–water partition coefficient (Wildman–Crippen LogP) is 3.25. The summed E-state index contributed by atoms with van der Waals surface area (Å²) in [5.74, 6) is 1.46. The lowest BCUT2D eigenvalue weighted by Crippen LogP contribution is -1.94. The Morgan fingerprint density at radius 3 is 2.79 bits per heavy atom. The van der Waals surface area contributed by atoms with Crippen molar-refractivity contribution in [2.24, 2.45) is 0 Å². The fraction of sp³-hybridized carbons (Fsp3) is 0.0714. The summed E-state index contributed by atoms with van der Waals surface area (Å²) in [5, 5.41) is 0.388. The molecule has 2 aromatic heterocycles. The first-order chi connectivity index (χ1) is 9.22. The zero-order chi connectivity index (χ0) is 13.4. The van der Waals surface area contributed by atoms with Gasteiger partial charge in [0, 0.05) is 6.20 Å². The number of fused-ring (bicyclic) bond motifs is 1. The van der Waals surface area contributed by atoms with E-state index in [1.165, 1.54) is 0 Å². The molecular weight excluding hydrogens is 262 g/mol. The Labute approximate surface area is 115 Å². The van der Waals surface area contributed by atoms with E-state index in [4.69, 9.17) is 22.1 Å². The summed E-state index contributed by atoms with van der Waals surface area (Å²) < 4.78 is 7.23. The van der Waals surface area contributed by atoms with Crippen LogP contribution in [-0.2, 0) is 0 Å². The summed E-state index contributed by atoms with van der Waals surface area (Å²) in [6.07, 6.45) is 1.88. The molecule has 0 aliphatic rings. The summed E-state index contributed by atoms with van der Waals surface area (Å²) in [6, 6.07) is 11.3. The van der Waals surface area contributed by atoms with E-state index < -0.39 is 0 Å². The van der Waals surface area contributed by atoms with Crippen molar-refractivity contribution in [2.75, 3.05) is 12.8 Å². The van der Waals surface area contributed by atoms with Crippen LogP contribution in [-0.4, -0.2) is 16.5 Å². The molecule has 19 heavy (non-hydrogen) atoms. The lowest BCUT2D eigenvalue weighted by Gasteiger charge is -2.07. The van der Waals surface area contributed by atoms with Crippen LogP contribution in [0.25, 0.3) is 16.9 Å². The number of benzene rings is 1. The van der Waals surface area contributed by atoms with Crippen molar-refractivity contribution in [3.05, 3.63) is 47.7 Å². The van der Waals surface area contributed by atoms with Crippen LogP contribution in [0.15, 0.2) is 42.6 Å². The molecule has 0 spiro atoms. The number of imidazole rings is 1. The average Bonchev–Trinajstić information content (AvgIpc) is 2.77. The zero-order valence-electron chi connectivity index (χ0n) is 10.3. The van der Waals surface area contributed by atoms with Crippen LogP contribution in [0.5, 0.6) is 5.75 Å². The van der Waals surface area contributed by atoms with E-state index in [0.717, 1.165) is 11.3 Å². The maximum atomic E-state index is 6.18. The first-order valence-corrected chi connectivity index (χ1v) is 6.15. The Bertz CT molecular complexity index is 752. The van der Waals surface area contributed by atoms with Crippen molar-refractivity contribution in [3.63, 3.8) is 0 Å². The number of rotatable bonds is 2. The van der Waals surface area contributed by atoms with Crippen LogP contribution in [0.4, 0.5) is 5.69 Å². The standard InChI is InChI=1S/C14H12ClN3O/c1-19-11-7-3-2-5-9(11)14-17-13(15)12-10(16)6-4-8-18(12)14/h2-8H,16H2,1H3. The number of ether oxygens (including phenoxy) is 1. The summed E-state index contributed by atoms with van der Waals surface area (Å²) in [7, 11) is 1.63. The molecule has 0 bridgehead atoms. The van der Waals surface area contributed by atoms with E-state index in [1.54, 1.807) is 13.2 Å². The predicted molar refractivity (Wildman–Crippen MR) is 76.6 cm³/mol. The summed E-state index contributed by atoms with van der Waals surface area (Å²) >= 11 is 6.18. The third-order valence-corrected chi connectivity index (χ3v) is 3.26. The van der Waals surface area contributed by atoms with Gasteiger partial charge in [-0.1, -0.05) is 23.7 Å². The van der Waals surface area contributed by atoms with Gasteiger partial charge in [0.1, 0.15) is 17.1 Å². The Morgan fingerprint density at radius 1 is 1.21 bits per heavy atom. The molecule has 1 aromatic carbocycles. The molecule has 96 valence electrons. The van der Waals surface area contributed by atoms with Crippen molar-refractivity contribution in [3.8, 4) is 17.1 Å². The third kappa shape index (κ3) is 1.81. The lowest BCUT2D eigenvalue weighted by atomic mass is 10.2. The molecule has 0 radical (unpaired) electrons. The van der Waals surface area contributed by atoms with Gasteiger partial charge in [0.15, 0.2) is 5.15 Å². The van der Waals surface area contributed by atoms with Gasteiger partial charge in [0.05, 0.1) is 18.4 Å². The van der Waals surface area contributed by atoms with Gasteiger partial charge < -0.3 is 10.5 Å². The van der Waals surface area contributed by atoms with E-state index >= 15 is 0 Å². The molecule has 0 amide bonds. The van der Waals surface area contributed by atoms with Gasteiger partial charge in [-0.2, -0.15) is 0 Å². The Kier molecular flexibility index (Phi) is 2.80. The van der Waals surface area contributed by atoms with Gasteiger partial charge in [-0.15, -0.1) is 0 Å². The summed E-state index contributed by atoms with van der Waals surface area (Å²) in [4.78, 5) is 4.40. The molecule has 4 nitrogen and oxygen atoms in total. The van der Waals surface area contributed by atoms with Crippen LogP contribution in [0.1, 0.15) is 0 Å². The number of nitrogen functional groups attached to an aromatic ring is 1. The number of methoxy groups -OCH3 is 1. The number of para-hydroxylation sites is 1. The number of halogens is 1. The Hall–Kier alpha value is -2.20. The van der Waals surface area contributed by atoms with Crippen LogP contribution in [0, 0.1) is 0 Å². The fourth-order valence-corrected chi connectivity index (χ4v) is 2.42. The van der Waals surface area contributed by atoms with E-state index in [0.29, 0.717) is 22.2 Å². The lowest BCUT2D eigenvalue weighted by molar-refractivity contribution is 0.416. The molecular formula is C14H12ClN3O. The van der Waals surface area contributed by atoms with E-state index in [1.807, 2.05) is 40.9 Å². The van der Waals surface area contributed by atoms with Gasteiger partial charge in [0.2, 0.25) is 0 Å². The van der Waals surface area contributed by atoms with Crippen molar-refractivity contribution in [1.82, 2.24) is 9.38 Å². The molecule has 3 aromatic rings. The van der Waals surface area contributed by atoms with E-state index in [2.05, 4.69) is 4.98 Å². The number of pyridine rings is 1. The molecule has 3 rings (SSSR count). The van der Waals surface area contributed by atoms with Crippen molar-refractivity contribution < 1.29 is 4.74 Å². The number of hydrogen-bond donors (Lipinski definition) is 1. The molecule has 0 aliphatic carbocycles. The highest BCUT2D eigenvalue weighted by Gasteiger charge is 2.15. The van der Waals surface area contributed by atoms with Crippen molar-refractivity contribution >= 4 is 22.8 Å². The molecule has 2 heterocycles. The van der Waals surface area contributed by atoms with Crippen LogP contribution < -0.4 is 10.5 Å². The number of aromatic nitrogens is 2. The van der Waals surface area contributed by atoms with Gasteiger partial charge in [-0.3, -0.25) is 4.40 Å². The number of hydrogen-bond acceptors (Lipinski definition) is 3. The number of nitrogens with two attached hydrogens (primary N) is 1. The number of anilines is 1. The maximum absolute atomic E-state index is 6.18. The average molecular weight is 274 g/mol. The molecule has 0 saturated heterocycles. The second-order valence-corrected chi connectivity index (χ2v) is 4.47. The summed E-state index contributed by atoms with van der Waals surface area (Å²) in [5.41, 5.74) is 8.13. The minimum absolute atomic E-state index is 0.388. The van der Waals surface area contributed by atoms with E-state index in [-0.39, 0.29) is 0 Å². The highest BCUT2D eigenvalue weighted by atomic mass is 35.5. The molecule has 0 atom stereocenters. The zero-order valence-corrected chi connectivity index (χ0v) is 11.1. The smallest absolute Gasteiger partial charge is 0.157 e. The molecule has 0 aliphatic heterocycles. The quantitative estimate of drug-likeness (QED) is 0.780. The Balaban J connectivity index is 2.35. The highest BCUT2D eigenvalue weighted by Crippen LogP contribution is 2.33. The van der Waals surface area contributed by atoms with Crippen LogP contribution in [0.3, 0.4) is 0 Å². The second-order valence-electron chi connectivity index (χ2n) is 4.11. The molecule has 5 heteroatoms. The largest absolute Gasteiger partial charge is 0.496 e. The van der Waals surface area contributed by atoms with Crippen LogP contribution in [0.2, 0.25) is 5.15 Å². The van der Waals surface area contributed by atoms with Crippen molar-refractivity contribution in [2.45, 2.75) is 0 Å². The fourth-order valence-electron chi connectivity index (χ4n) is 2.14. The van der Waals surface area contributed by atoms with Gasteiger partial charge in [-0.25, -0.2) is 4.98 Å². The second kappa shape index (κ2) is 4.48. The molecule has 0 saturated carbocycles. The SMILES string of the molecule is COc1ccccc1-c1nc(Cl)c2c(N)cccn12. The van der Waals surface area contributed by atoms with E-state index in [9.17, 15) is 0 Å². The monoisotopic (exact) mass is 273 g/mol. The topological polar surface area (TPSA) is 52.5 Å². The van der Waals surface area contributed by atoms with Gasteiger partial charge in [0.25, 0.3) is 0 Å². The van der Waals surface area contributed by atoms with Gasteiger partial charge in [-0.05, 0) is 24.3 Å². The maximum Gasteiger partial charge on any atom is 0.157 e. The molecule has 0 unspecified atom stereocenters. The number of nitrogens with zero attached hydrogens (tertiary/aromatic N) is 2. The Morgan fingerprint density at radius 2 is 2.00 bits per heavy atom. The highest BCUT2D eigenvalue weighted by molar-refractivity contribution is 6.33. The first kappa shape index (κ1) is 11.9. The first-order valence-electron chi connectivity index (χ1n) is 5.78.